The van der Waals surface area contributed by atoms with E-state index in [-0.39, 0.29) is 18.9 Å². The quantitative estimate of drug-likeness (QED) is 0.600. The first-order valence-corrected chi connectivity index (χ1v) is 7.61. The molecule has 1 amide bonds. The molecule has 0 saturated heterocycles. The van der Waals surface area contributed by atoms with Gasteiger partial charge in [-0.05, 0) is 51.0 Å². The number of carbonyl (C=O) groups excluding carboxylic acids is 2. The number of anilines is 1. The highest BCUT2D eigenvalue weighted by atomic mass is 19.4. The molecule has 9 heteroatoms. The molecule has 0 aliphatic heterocycles. The van der Waals surface area contributed by atoms with Gasteiger partial charge < -0.3 is 14.8 Å². The maximum Gasteiger partial charge on any atom is 0.442 e. The predicted molar refractivity (Wildman–Crippen MR) is 85.1 cm³/mol. The number of esters is 1. The van der Waals surface area contributed by atoms with Crippen LogP contribution in [-0.2, 0) is 14.3 Å². The molecule has 1 rings (SSSR count). The number of alkyl halides is 3. The highest BCUT2D eigenvalue weighted by Crippen LogP contribution is 2.33. The second kappa shape index (κ2) is 8.09. The molecule has 1 aromatic carbocycles. The summed E-state index contributed by atoms with van der Waals surface area (Å²) in [7, 11) is 0. The van der Waals surface area contributed by atoms with Crippen LogP contribution < -0.4 is 10.6 Å². The normalized spacial score (nSPS) is 13.6. The van der Waals surface area contributed by atoms with Crippen molar-refractivity contribution in [3.8, 4) is 0 Å². The van der Waals surface area contributed by atoms with Gasteiger partial charge in [-0.15, -0.1) is 0 Å². The van der Waals surface area contributed by atoms with Crippen molar-refractivity contribution >= 4 is 17.7 Å². The third-order valence-corrected chi connectivity index (χ3v) is 3.41. The van der Waals surface area contributed by atoms with Gasteiger partial charge in [-0.25, -0.2) is 9.59 Å². The van der Waals surface area contributed by atoms with E-state index in [2.05, 4.69) is 14.8 Å². The van der Waals surface area contributed by atoms with Crippen molar-refractivity contribution in [3.05, 3.63) is 29.3 Å². The van der Waals surface area contributed by atoms with Crippen molar-refractivity contribution in [1.82, 2.24) is 5.32 Å². The summed E-state index contributed by atoms with van der Waals surface area (Å²) in [6.07, 6.45) is -6.59. The number of hydrogen-bond donors (Lipinski definition) is 2. The first kappa shape index (κ1) is 20.6. The maximum atomic E-state index is 13.8. The van der Waals surface area contributed by atoms with Gasteiger partial charge in [0.2, 0.25) is 0 Å². The molecule has 0 aliphatic carbocycles. The summed E-state index contributed by atoms with van der Waals surface area (Å²) in [6, 6.07) is 4.39. The van der Waals surface area contributed by atoms with Crippen LogP contribution in [0.25, 0.3) is 0 Å². The third-order valence-electron chi connectivity index (χ3n) is 3.41. The highest BCUT2D eigenvalue weighted by Gasteiger charge is 2.64. The molecule has 0 aromatic heterocycles. The van der Waals surface area contributed by atoms with Gasteiger partial charge in [-0.1, -0.05) is 6.07 Å². The Kier molecular flexibility index (Phi) is 6.66. The lowest BCUT2D eigenvalue weighted by Crippen LogP contribution is -2.69. The van der Waals surface area contributed by atoms with Gasteiger partial charge in [0.25, 0.3) is 0 Å². The SMILES string of the molecule is CCOC(=O)NC(Nc1ccc(C)c(C)c1)(C(=O)OCC)C(F)(F)F. The average molecular weight is 362 g/mol. The number of halogens is 3. The smallest absolute Gasteiger partial charge is 0.442 e. The number of ether oxygens (including phenoxy) is 2. The fraction of sp³-hybridized carbons (Fsp3) is 0.500. The second-order valence-electron chi connectivity index (χ2n) is 5.24. The van der Waals surface area contributed by atoms with Crippen LogP contribution in [0.4, 0.5) is 23.7 Å². The van der Waals surface area contributed by atoms with Crippen LogP contribution in [0.1, 0.15) is 25.0 Å². The molecule has 0 bridgehead atoms. The van der Waals surface area contributed by atoms with Gasteiger partial charge in [0.15, 0.2) is 0 Å². The minimum absolute atomic E-state index is 0.00900. The summed E-state index contributed by atoms with van der Waals surface area (Å²) in [5.41, 5.74) is -1.92. The van der Waals surface area contributed by atoms with Gasteiger partial charge in [0.05, 0.1) is 13.2 Å². The molecule has 0 fully saturated rings. The molecule has 25 heavy (non-hydrogen) atoms. The third kappa shape index (κ3) is 4.77. The van der Waals surface area contributed by atoms with E-state index in [0.29, 0.717) is 5.56 Å². The summed E-state index contributed by atoms with van der Waals surface area (Å²) in [5, 5.41) is 3.63. The van der Waals surface area contributed by atoms with E-state index in [0.717, 1.165) is 5.56 Å². The fourth-order valence-corrected chi connectivity index (χ4v) is 1.99. The van der Waals surface area contributed by atoms with E-state index >= 15 is 0 Å². The van der Waals surface area contributed by atoms with Gasteiger partial charge >= 0.3 is 23.9 Å². The van der Waals surface area contributed by atoms with Gasteiger partial charge in [0, 0.05) is 5.69 Å². The van der Waals surface area contributed by atoms with Gasteiger partial charge in [0.1, 0.15) is 0 Å². The lowest BCUT2D eigenvalue weighted by molar-refractivity contribution is -0.205. The molecule has 0 heterocycles. The number of hydrogen-bond acceptors (Lipinski definition) is 5. The molecular formula is C16H21F3N2O4. The van der Waals surface area contributed by atoms with Gasteiger partial charge in [-0.3, -0.25) is 5.32 Å². The number of rotatable bonds is 6. The van der Waals surface area contributed by atoms with E-state index in [4.69, 9.17) is 0 Å². The van der Waals surface area contributed by atoms with Crippen LogP contribution >= 0.6 is 0 Å². The maximum absolute atomic E-state index is 13.8. The summed E-state index contributed by atoms with van der Waals surface area (Å²) in [5.74, 6) is -1.69. The Morgan fingerprint density at radius 1 is 1.04 bits per heavy atom. The van der Waals surface area contributed by atoms with E-state index in [1.165, 1.54) is 26.0 Å². The Hall–Kier alpha value is -2.45. The summed E-state index contributed by atoms with van der Waals surface area (Å²) in [4.78, 5) is 23.8. The molecular weight excluding hydrogens is 341 g/mol. The standard InChI is InChI=1S/C16H21F3N2O4/c1-5-24-13(22)15(16(17,18)19,21-14(23)25-6-2)20-12-8-7-10(3)11(4)9-12/h7-9,20H,5-6H2,1-4H3,(H,21,23). The molecule has 0 saturated carbocycles. The van der Waals surface area contributed by atoms with E-state index in [1.807, 2.05) is 0 Å². The van der Waals surface area contributed by atoms with Crippen LogP contribution in [0.5, 0.6) is 0 Å². The zero-order valence-corrected chi connectivity index (χ0v) is 14.4. The zero-order valence-electron chi connectivity index (χ0n) is 14.4. The average Bonchev–Trinajstić information content (AvgIpc) is 2.49. The number of alkyl carbamates (subject to hydrolysis) is 1. The number of carbonyl (C=O) groups is 2. The number of amides is 1. The molecule has 1 atom stereocenters. The summed E-state index contributed by atoms with van der Waals surface area (Å²) >= 11 is 0. The molecule has 2 N–H and O–H groups in total. The molecule has 1 aromatic rings. The monoisotopic (exact) mass is 362 g/mol. The molecule has 0 radical (unpaired) electrons. The molecule has 0 spiro atoms. The van der Waals surface area contributed by atoms with Crippen molar-refractivity contribution in [1.29, 1.82) is 0 Å². The largest absolute Gasteiger partial charge is 0.463 e. The minimum atomic E-state index is -5.19. The molecule has 140 valence electrons. The molecule has 6 nitrogen and oxygen atoms in total. The van der Waals surface area contributed by atoms with Crippen LogP contribution in [0.2, 0.25) is 0 Å². The Morgan fingerprint density at radius 3 is 2.12 bits per heavy atom. The number of nitrogens with one attached hydrogen (secondary N) is 2. The van der Waals surface area contributed by atoms with Crippen molar-refractivity contribution in [2.45, 2.75) is 39.5 Å². The fourth-order valence-electron chi connectivity index (χ4n) is 1.99. The minimum Gasteiger partial charge on any atom is -0.463 e. The van der Waals surface area contributed by atoms with E-state index in [9.17, 15) is 22.8 Å². The van der Waals surface area contributed by atoms with Crippen LogP contribution in [0.15, 0.2) is 18.2 Å². The first-order chi connectivity index (χ1) is 11.6. The van der Waals surface area contributed by atoms with Crippen molar-refractivity contribution in [2.24, 2.45) is 0 Å². The van der Waals surface area contributed by atoms with Crippen LogP contribution in [-0.4, -0.2) is 37.1 Å². The second-order valence-corrected chi connectivity index (χ2v) is 5.24. The van der Waals surface area contributed by atoms with Crippen LogP contribution in [0.3, 0.4) is 0 Å². The summed E-state index contributed by atoms with van der Waals surface area (Å²) < 4.78 is 50.4. The van der Waals surface area contributed by atoms with Crippen molar-refractivity contribution in [3.63, 3.8) is 0 Å². The Labute approximate surface area is 143 Å². The molecule has 1 unspecified atom stereocenters. The Balaban J connectivity index is 3.37. The number of benzene rings is 1. The zero-order chi connectivity index (χ0) is 19.3. The topological polar surface area (TPSA) is 76.7 Å². The van der Waals surface area contributed by atoms with Crippen molar-refractivity contribution < 1.29 is 32.2 Å². The first-order valence-electron chi connectivity index (χ1n) is 7.61. The lowest BCUT2D eigenvalue weighted by atomic mass is 10.1. The van der Waals surface area contributed by atoms with Crippen LogP contribution in [0, 0.1) is 13.8 Å². The Morgan fingerprint density at radius 2 is 1.64 bits per heavy atom. The Bertz CT molecular complexity index is 634. The number of aryl methyl sites for hydroxylation is 2. The van der Waals surface area contributed by atoms with Crippen molar-refractivity contribution in [2.75, 3.05) is 18.5 Å². The van der Waals surface area contributed by atoms with Gasteiger partial charge in [-0.2, -0.15) is 13.2 Å². The summed E-state index contributed by atoms with van der Waals surface area (Å²) in [6.45, 7) is 5.83. The molecule has 0 aliphatic rings. The van der Waals surface area contributed by atoms with E-state index < -0.39 is 23.9 Å². The lowest BCUT2D eigenvalue weighted by Gasteiger charge is -2.35. The van der Waals surface area contributed by atoms with E-state index in [1.54, 1.807) is 25.2 Å². The highest BCUT2D eigenvalue weighted by molar-refractivity contribution is 5.89. The predicted octanol–water partition coefficient (Wildman–Crippen LogP) is 3.28.